The van der Waals surface area contributed by atoms with Gasteiger partial charge >= 0.3 is 15.6 Å². The van der Waals surface area contributed by atoms with Crippen molar-refractivity contribution in [3.05, 3.63) is 47.6 Å². The average Bonchev–Trinajstić information content (AvgIpc) is 3.06. The Hall–Kier alpha value is -2.60. The van der Waals surface area contributed by atoms with Crippen LogP contribution in [0, 0.1) is 5.82 Å². The third-order valence-electron chi connectivity index (χ3n) is 4.12. The highest BCUT2D eigenvalue weighted by atomic mass is 35.5. The van der Waals surface area contributed by atoms with Crippen LogP contribution < -0.4 is 4.18 Å². The van der Waals surface area contributed by atoms with Gasteiger partial charge in [-0.05, 0) is 18.2 Å². The SMILES string of the molecule is C=CC(=O)N1CCn2c(-c3cc(F)c(OS(=O)(=O)C(F)(F)F)c(Cl)c3)cnc2C1. The number of nitrogens with zero attached hydrogens (tertiary/aromatic N) is 3. The van der Waals surface area contributed by atoms with Crippen LogP contribution in [-0.4, -0.2) is 40.8 Å². The Morgan fingerprint density at radius 1 is 1.31 bits per heavy atom. The number of carbonyl (C=O) groups excluding carboxylic acids is 1. The van der Waals surface area contributed by atoms with Crippen molar-refractivity contribution in [2.45, 2.75) is 18.6 Å². The lowest BCUT2D eigenvalue weighted by molar-refractivity contribution is -0.127. The molecule has 1 amide bonds. The molecule has 3 rings (SSSR count). The molecule has 0 saturated carbocycles. The van der Waals surface area contributed by atoms with Crippen molar-refractivity contribution in [1.82, 2.24) is 14.5 Å². The van der Waals surface area contributed by atoms with Gasteiger partial charge in [-0.25, -0.2) is 9.37 Å². The maximum absolute atomic E-state index is 14.3. The summed E-state index contributed by atoms with van der Waals surface area (Å²) in [6.07, 6.45) is 2.55. The second-order valence-electron chi connectivity index (χ2n) is 5.93. The molecule has 13 heteroatoms. The topological polar surface area (TPSA) is 81.5 Å². The summed E-state index contributed by atoms with van der Waals surface area (Å²) < 4.78 is 79.5. The van der Waals surface area contributed by atoms with E-state index in [1.807, 2.05) is 0 Å². The van der Waals surface area contributed by atoms with E-state index < -0.39 is 32.2 Å². The molecule has 7 nitrogen and oxygen atoms in total. The first-order chi connectivity index (χ1) is 13.4. The van der Waals surface area contributed by atoms with E-state index >= 15 is 0 Å². The quantitative estimate of drug-likeness (QED) is 0.307. The lowest BCUT2D eigenvalue weighted by atomic mass is 10.1. The number of fused-ring (bicyclic) bond motifs is 1. The lowest BCUT2D eigenvalue weighted by Gasteiger charge is -2.27. The summed E-state index contributed by atoms with van der Waals surface area (Å²) in [5, 5.41) is -0.664. The van der Waals surface area contributed by atoms with Gasteiger partial charge in [0.25, 0.3) is 0 Å². The molecule has 0 bridgehead atoms. The van der Waals surface area contributed by atoms with Crippen molar-refractivity contribution < 1.29 is 35.0 Å². The van der Waals surface area contributed by atoms with Crippen molar-refractivity contribution in [2.75, 3.05) is 6.54 Å². The zero-order chi connectivity index (χ0) is 21.6. The van der Waals surface area contributed by atoms with Gasteiger partial charge in [-0.1, -0.05) is 18.2 Å². The van der Waals surface area contributed by atoms with Gasteiger partial charge in [-0.15, -0.1) is 0 Å². The number of hydrogen-bond acceptors (Lipinski definition) is 5. The Morgan fingerprint density at radius 2 is 2.00 bits per heavy atom. The number of halogens is 5. The highest BCUT2D eigenvalue weighted by molar-refractivity contribution is 7.88. The number of alkyl halides is 3. The van der Waals surface area contributed by atoms with Crippen molar-refractivity contribution in [1.29, 1.82) is 0 Å². The van der Waals surface area contributed by atoms with Crippen molar-refractivity contribution in [3.63, 3.8) is 0 Å². The lowest BCUT2D eigenvalue weighted by Crippen LogP contribution is -2.37. The second-order valence-corrected chi connectivity index (χ2v) is 7.87. The molecule has 1 aliphatic heterocycles. The van der Waals surface area contributed by atoms with E-state index in [9.17, 15) is 30.8 Å². The van der Waals surface area contributed by atoms with Gasteiger partial charge < -0.3 is 13.7 Å². The summed E-state index contributed by atoms with van der Waals surface area (Å²) in [7, 11) is -6.08. The first-order valence-corrected chi connectivity index (χ1v) is 9.69. The highest BCUT2D eigenvalue weighted by Crippen LogP contribution is 2.37. The number of rotatable bonds is 4. The molecule has 0 atom stereocenters. The number of hydrogen-bond donors (Lipinski definition) is 0. The molecule has 1 aromatic carbocycles. The zero-order valence-electron chi connectivity index (χ0n) is 14.4. The van der Waals surface area contributed by atoms with Gasteiger partial charge in [-0.3, -0.25) is 4.79 Å². The van der Waals surface area contributed by atoms with Crippen LogP contribution in [0.3, 0.4) is 0 Å². The first-order valence-electron chi connectivity index (χ1n) is 7.90. The van der Waals surface area contributed by atoms with E-state index in [-0.39, 0.29) is 18.0 Å². The largest absolute Gasteiger partial charge is 0.534 e. The molecular weight excluding hydrogens is 442 g/mol. The molecule has 0 N–H and O–H groups in total. The minimum Gasteiger partial charge on any atom is -0.371 e. The summed E-state index contributed by atoms with van der Waals surface area (Å²) >= 11 is 5.78. The minimum atomic E-state index is -6.08. The molecule has 156 valence electrons. The van der Waals surface area contributed by atoms with Gasteiger partial charge in [0.05, 0.1) is 23.5 Å². The van der Waals surface area contributed by atoms with Gasteiger partial charge in [0.2, 0.25) is 5.91 Å². The number of benzene rings is 1. The van der Waals surface area contributed by atoms with Crippen molar-refractivity contribution >= 4 is 27.6 Å². The standard InChI is InChI=1S/C16H12ClF4N3O4S/c1-2-14(25)23-3-4-24-12(7-22-13(24)8-23)9-5-10(17)15(11(18)6-9)28-29(26,27)16(19,20)21/h2,5-7H,1,3-4,8H2. The molecule has 2 heterocycles. The molecule has 2 aromatic rings. The number of carbonyl (C=O) groups is 1. The fourth-order valence-electron chi connectivity index (χ4n) is 2.75. The van der Waals surface area contributed by atoms with Crippen molar-refractivity contribution in [3.8, 4) is 17.0 Å². The van der Waals surface area contributed by atoms with E-state index in [1.54, 1.807) is 4.57 Å². The predicted octanol–water partition coefficient (Wildman–Crippen LogP) is 3.10. The fourth-order valence-corrected chi connectivity index (χ4v) is 3.53. The Morgan fingerprint density at radius 3 is 2.59 bits per heavy atom. The Labute approximate surface area is 167 Å². The van der Waals surface area contributed by atoms with Crippen LogP contribution in [0.4, 0.5) is 17.6 Å². The third-order valence-corrected chi connectivity index (χ3v) is 5.35. The normalized spacial score (nSPS) is 14.4. The first kappa shape index (κ1) is 21.1. The van der Waals surface area contributed by atoms with Crippen LogP contribution in [0.15, 0.2) is 31.0 Å². The monoisotopic (exact) mass is 453 g/mol. The number of aromatic nitrogens is 2. The maximum Gasteiger partial charge on any atom is 0.534 e. The number of imidazole rings is 1. The average molecular weight is 454 g/mol. The smallest absolute Gasteiger partial charge is 0.371 e. The Kier molecular flexibility index (Phi) is 5.34. The molecule has 0 aliphatic carbocycles. The summed E-state index contributed by atoms with van der Waals surface area (Å²) in [5.74, 6) is -2.43. The minimum absolute atomic E-state index is 0.145. The molecule has 1 aliphatic rings. The summed E-state index contributed by atoms with van der Waals surface area (Å²) in [4.78, 5) is 17.4. The zero-order valence-corrected chi connectivity index (χ0v) is 16.0. The molecule has 0 saturated heterocycles. The van der Waals surface area contributed by atoms with E-state index in [0.29, 0.717) is 24.6 Å². The van der Waals surface area contributed by atoms with Gasteiger partial charge in [0.1, 0.15) is 5.82 Å². The maximum atomic E-state index is 14.3. The fraction of sp³-hybridized carbons (Fsp3) is 0.250. The van der Waals surface area contributed by atoms with Crippen LogP contribution in [0.5, 0.6) is 5.75 Å². The van der Waals surface area contributed by atoms with Crippen LogP contribution >= 0.6 is 11.6 Å². The molecule has 29 heavy (non-hydrogen) atoms. The molecule has 0 spiro atoms. The molecule has 0 radical (unpaired) electrons. The Balaban J connectivity index is 1.94. The predicted molar refractivity (Wildman–Crippen MR) is 93.8 cm³/mol. The summed E-state index contributed by atoms with van der Waals surface area (Å²) in [6, 6.07) is 1.86. The summed E-state index contributed by atoms with van der Waals surface area (Å²) in [6.45, 7) is 4.26. The second kappa shape index (κ2) is 7.34. The van der Waals surface area contributed by atoms with Crippen LogP contribution in [0.1, 0.15) is 5.82 Å². The molecule has 0 unspecified atom stereocenters. The third kappa shape index (κ3) is 3.94. The van der Waals surface area contributed by atoms with Crippen LogP contribution in [0.25, 0.3) is 11.3 Å². The molecule has 1 aromatic heterocycles. The van der Waals surface area contributed by atoms with Gasteiger partial charge in [0, 0.05) is 18.7 Å². The Bertz CT molecular complexity index is 1080. The number of amides is 1. The van der Waals surface area contributed by atoms with E-state index in [4.69, 9.17) is 11.6 Å². The van der Waals surface area contributed by atoms with E-state index in [0.717, 1.165) is 12.1 Å². The highest BCUT2D eigenvalue weighted by Gasteiger charge is 2.49. The van der Waals surface area contributed by atoms with Crippen LogP contribution in [0.2, 0.25) is 5.02 Å². The van der Waals surface area contributed by atoms with E-state index in [1.165, 1.54) is 17.2 Å². The molecular formula is C16H12ClF4N3O4S. The van der Waals surface area contributed by atoms with Gasteiger partial charge in [0.15, 0.2) is 11.6 Å². The van der Waals surface area contributed by atoms with Crippen molar-refractivity contribution in [2.24, 2.45) is 0 Å². The molecule has 0 fully saturated rings. The van der Waals surface area contributed by atoms with E-state index in [2.05, 4.69) is 15.7 Å². The van der Waals surface area contributed by atoms with Crippen LogP contribution in [-0.2, 0) is 28.0 Å². The van der Waals surface area contributed by atoms with Gasteiger partial charge in [-0.2, -0.15) is 21.6 Å². The summed E-state index contributed by atoms with van der Waals surface area (Å²) in [5.41, 5.74) is -5.20.